The summed E-state index contributed by atoms with van der Waals surface area (Å²) in [5.41, 5.74) is 1.90. The molecule has 19 heavy (non-hydrogen) atoms. The molecule has 0 N–H and O–H groups in total. The number of carbonyl (C=O) groups is 2. The summed E-state index contributed by atoms with van der Waals surface area (Å²) in [7, 11) is 0. The van der Waals surface area contributed by atoms with Gasteiger partial charge in [0.1, 0.15) is 0 Å². The summed E-state index contributed by atoms with van der Waals surface area (Å²) in [5.74, 6) is -0.0446. The first kappa shape index (κ1) is 13.5. The smallest absolute Gasteiger partial charge is 0.258 e. The maximum absolute atomic E-state index is 11.6. The first-order valence-electron chi connectivity index (χ1n) is 6.50. The Hall–Kier alpha value is -1.90. The predicted octanol–water partition coefficient (Wildman–Crippen LogP) is 3.05. The number of carbonyl (C=O) groups excluding carboxylic acids is 2. The summed E-state index contributed by atoms with van der Waals surface area (Å²) in [5, 5.41) is 0. The molecule has 1 aromatic carbocycles. The van der Waals surface area contributed by atoms with Crippen molar-refractivity contribution >= 4 is 17.5 Å². The second-order valence-electron chi connectivity index (χ2n) is 5.77. The molecular weight excluding hydrogens is 238 g/mol. The molecule has 3 nitrogen and oxygen atoms in total. The zero-order valence-corrected chi connectivity index (χ0v) is 11.8. The fourth-order valence-electron chi connectivity index (χ4n) is 2.03. The van der Waals surface area contributed by atoms with Crippen molar-refractivity contribution in [2.24, 2.45) is 5.92 Å². The number of imide groups is 1. The molecule has 1 aliphatic heterocycles. The molecule has 0 atom stereocenters. The van der Waals surface area contributed by atoms with E-state index >= 15 is 0 Å². The van der Waals surface area contributed by atoms with Crippen LogP contribution in [-0.2, 0) is 15.0 Å². The van der Waals surface area contributed by atoms with Crippen molar-refractivity contribution in [2.75, 3.05) is 4.90 Å². The molecule has 0 spiro atoms. The zero-order valence-electron chi connectivity index (χ0n) is 11.8. The summed E-state index contributed by atoms with van der Waals surface area (Å²) in [6.07, 6.45) is 2.60. The summed E-state index contributed by atoms with van der Waals surface area (Å²) >= 11 is 0. The van der Waals surface area contributed by atoms with Crippen molar-refractivity contribution in [1.29, 1.82) is 0 Å². The van der Waals surface area contributed by atoms with E-state index in [1.807, 2.05) is 24.3 Å². The lowest BCUT2D eigenvalue weighted by Gasteiger charge is -2.30. The van der Waals surface area contributed by atoms with Crippen molar-refractivity contribution in [2.45, 2.75) is 33.1 Å². The van der Waals surface area contributed by atoms with Gasteiger partial charge >= 0.3 is 0 Å². The highest BCUT2D eigenvalue weighted by Gasteiger charge is 2.27. The molecule has 0 aromatic heterocycles. The molecule has 0 bridgehead atoms. The lowest BCUT2D eigenvalue weighted by molar-refractivity contribution is -0.119. The topological polar surface area (TPSA) is 37.4 Å². The molecule has 1 aliphatic rings. The fourth-order valence-corrected chi connectivity index (χ4v) is 2.03. The Morgan fingerprint density at radius 3 is 1.84 bits per heavy atom. The third-order valence-electron chi connectivity index (χ3n) is 4.12. The van der Waals surface area contributed by atoms with Gasteiger partial charge in [-0.2, -0.15) is 0 Å². The van der Waals surface area contributed by atoms with Crippen LogP contribution in [0.1, 0.15) is 33.3 Å². The Balaban J connectivity index is 2.29. The molecule has 3 heteroatoms. The van der Waals surface area contributed by atoms with Gasteiger partial charge in [0.25, 0.3) is 11.8 Å². The van der Waals surface area contributed by atoms with E-state index in [2.05, 4.69) is 27.7 Å². The summed E-state index contributed by atoms with van der Waals surface area (Å²) in [6.45, 7) is 8.76. The monoisotopic (exact) mass is 257 g/mol. The standard InChI is InChI=1S/C16H19NO2/c1-11(2)16(3,4)12-5-7-13(8-6-12)17-14(18)9-10-15(17)19/h5-11H,1-4H3. The molecule has 2 rings (SSSR count). The zero-order chi connectivity index (χ0) is 14.2. The van der Waals surface area contributed by atoms with Gasteiger partial charge in [0, 0.05) is 12.2 Å². The van der Waals surface area contributed by atoms with Gasteiger partial charge in [0.2, 0.25) is 0 Å². The van der Waals surface area contributed by atoms with Gasteiger partial charge < -0.3 is 0 Å². The Kier molecular flexibility index (Phi) is 3.31. The van der Waals surface area contributed by atoms with Gasteiger partial charge in [-0.15, -0.1) is 0 Å². The SMILES string of the molecule is CC(C)C(C)(C)c1ccc(N2C(=O)C=CC2=O)cc1. The lowest BCUT2D eigenvalue weighted by atomic mass is 9.75. The molecule has 0 radical (unpaired) electrons. The minimum absolute atomic E-state index is 0.0653. The molecular formula is C16H19NO2. The molecule has 1 heterocycles. The third-order valence-corrected chi connectivity index (χ3v) is 4.12. The molecule has 0 saturated heterocycles. The van der Waals surface area contributed by atoms with Crippen molar-refractivity contribution in [1.82, 2.24) is 0 Å². The number of hydrogen-bond acceptors (Lipinski definition) is 2. The summed E-state index contributed by atoms with van der Waals surface area (Å²) in [4.78, 5) is 24.4. The normalized spacial score (nSPS) is 15.7. The lowest BCUT2D eigenvalue weighted by Crippen LogP contribution is -2.30. The van der Waals surface area contributed by atoms with Gasteiger partial charge in [0.15, 0.2) is 0 Å². The Labute approximate surface area is 113 Å². The molecule has 0 aliphatic carbocycles. The van der Waals surface area contributed by atoms with Crippen LogP contribution in [-0.4, -0.2) is 11.8 Å². The fraction of sp³-hybridized carbons (Fsp3) is 0.375. The predicted molar refractivity (Wildman–Crippen MR) is 75.9 cm³/mol. The molecule has 0 saturated carbocycles. The number of amides is 2. The Bertz CT molecular complexity index is 520. The van der Waals surface area contributed by atoms with E-state index in [1.165, 1.54) is 22.6 Å². The number of hydrogen-bond donors (Lipinski definition) is 0. The molecule has 0 unspecified atom stereocenters. The van der Waals surface area contributed by atoms with Gasteiger partial charge in [-0.1, -0.05) is 39.8 Å². The highest BCUT2D eigenvalue weighted by Crippen LogP contribution is 2.32. The minimum atomic E-state index is -0.277. The van der Waals surface area contributed by atoms with E-state index in [-0.39, 0.29) is 17.2 Å². The van der Waals surface area contributed by atoms with Crippen LogP contribution < -0.4 is 4.90 Å². The van der Waals surface area contributed by atoms with E-state index in [1.54, 1.807) is 0 Å². The van der Waals surface area contributed by atoms with Crippen molar-refractivity contribution < 1.29 is 9.59 Å². The van der Waals surface area contributed by atoms with Gasteiger partial charge in [-0.05, 0) is 29.0 Å². The molecule has 1 aromatic rings. The van der Waals surface area contributed by atoms with Crippen LogP contribution >= 0.6 is 0 Å². The van der Waals surface area contributed by atoms with E-state index in [4.69, 9.17) is 0 Å². The second kappa shape index (κ2) is 4.65. The first-order chi connectivity index (χ1) is 8.84. The van der Waals surface area contributed by atoms with Crippen molar-refractivity contribution in [3.8, 4) is 0 Å². The van der Waals surface area contributed by atoms with Crippen LogP contribution in [0.3, 0.4) is 0 Å². The van der Waals surface area contributed by atoms with E-state index < -0.39 is 0 Å². The van der Waals surface area contributed by atoms with Crippen molar-refractivity contribution in [3.63, 3.8) is 0 Å². The van der Waals surface area contributed by atoms with Gasteiger partial charge in [-0.25, -0.2) is 4.90 Å². The van der Waals surface area contributed by atoms with Crippen molar-refractivity contribution in [3.05, 3.63) is 42.0 Å². The third kappa shape index (κ3) is 2.33. The van der Waals surface area contributed by atoms with Gasteiger partial charge in [-0.3, -0.25) is 9.59 Å². The number of nitrogens with zero attached hydrogens (tertiary/aromatic N) is 1. The molecule has 100 valence electrons. The number of benzene rings is 1. The van der Waals surface area contributed by atoms with Crippen LogP contribution in [0, 0.1) is 5.92 Å². The minimum Gasteiger partial charge on any atom is -0.269 e. The Morgan fingerprint density at radius 1 is 0.947 bits per heavy atom. The number of rotatable bonds is 3. The largest absolute Gasteiger partial charge is 0.269 e. The number of anilines is 1. The molecule has 0 fully saturated rings. The highest BCUT2D eigenvalue weighted by atomic mass is 16.2. The van der Waals surface area contributed by atoms with Crippen LogP contribution in [0.4, 0.5) is 5.69 Å². The molecule has 2 amide bonds. The summed E-state index contributed by atoms with van der Waals surface area (Å²) < 4.78 is 0. The van der Waals surface area contributed by atoms with E-state index in [0.717, 1.165) is 0 Å². The van der Waals surface area contributed by atoms with Gasteiger partial charge in [0.05, 0.1) is 5.69 Å². The summed E-state index contributed by atoms with van der Waals surface area (Å²) in [6, 6.07) is 7.66. The second-order valence-corrected chi connectivity index (χ2v) is 5.77. The highest BCUT2D eigenvalue weighted by molar-refractivity contribution is 6.28. The average molecular weight is 257 g/mol. The van der Waals surface area contributed by atoms with Crippen LogP contribution in [0.2, 0.25) is 0 Å². The maximum Gasteiger partial charge on any atom is 0.258 e. The van der Waals surface area contributed by atoms with Crippen LogP contribution in [0.15, 0.2) is 36.4 Å². The van der Waals surface area contributed by atoms with E-state index in [9.17, 15) is 9.59 Å². The van der Waals surface area contributed by atoms with E-state index in [0.29, 0.717) is 11.6 Å². The Morgan fingerprint density at radius 2 is 1.42 bits per heavy atom. The maximum atomic E-state index is 11.6. The first-order valence-corrected chi connectivity index (χ1v) is 6.50. The van der Waals surface area contributed by atoms with Crippen LogP contribution in [0.25, 0.3) is 0 Å². The average Bonchev–Trinajstić information content (AvgIpc) is 2.69. The van der Waals surface area contributed by atoms with Crippen LogP contribution in [0.5, 0.6) is 0 Å². The quantitative estimate of drug-likeness (QED) is 0.780.